The van der Waals surface area contributed by atoms with Crippen LogP contribution in [0.15, 0.2) is 0 Å². The summed E-state index contributed by atoms with van der Waals surface area (Å²) in [5.74, 6) is -5.42. The Morgan fingerprint density at radius 1 is 0.618 bits per heavy atom. The molecule has 0 bridgehead atoms. The molecule has 1 unspecified atom stereocenters. The summed E-state index contributed by atoms with van der Waals surface area (Å²) in [6, 6.07) is -1.20. The molecule has 7 N–H and O–H groups in total. The molecule has 0 aromatic heterocycles. The fourth-order valence-corrected chi connectivity index (χ4v) is 5.80. The summed E-state index contributed by atoms with van der Waals surface area (Å²) in [5.41, 5.74) is -0.918. The number of carbonyl (C=O) groups is 7. The van der Waals surface area contributed by atoms with Gasteiger partial charge in [-0.15, -0.1) is 0 Å². The standard InChI is InChI=1S/C36H65N7O12/c1-6-7-8-9-28(44)37-18-30(46)39-23-36(4,5)25-55-24-35(2,3)22-38-29(45)11-10-27(34(53)54)43-17-16-41(20-32(49)50)13-12-40(19-31(47)48)14-15-42(26-43)21-33(51)52/h27H,6-26H2,1-5H3,(H,37,44)(H,38,45)(H,39,46)(H,47,48)(H,49,50)(H,51,52)(H,53,54). The molecule has 55 heavy (non-hydrogen) atoms. The van der Waals surface area contributed by atoms with Gasteiger partial charge >= 0.3 is 23.9 Å². The zero-order valence-electron chi connectivity index (χ0n) is 33.3. The number of amides is 3. The summed E-state index contributed by atoms with van der Waals surface area (Å²) < 4.78 is 5.96. The molecule has 1 saturated heterocycles. The van der Waals surface area contributed by atoms with Crippen molar-refractivity contribution < 1.29 is 58.7 Å². The Kier molecular flexibility index (Phi) is 22.6. The molecule has 1 heterocycles. The molecule has 0 spiro atoms. The average molecular weight is 788 g/mol. The first-order chi connectivity index (χ1) is 25.7. The van der Waals surface area contributed by atoms with Crippen LogP contribution in [0.1, 0.15) is 73.1 Å². The quantitative estimate of drug-likeness (QED) is 0.0584. The molecule has 0 aromatic rings. The number of rotatable bonds is 25. The predicted molar refractivity (Wildman–Crippen MR) is 201 cm³/mol. The van der Waals surface area contributed by atoms with Gasteiger partial charge < -0.3 is 41.1 Å². The van der Waals surface area contributed by atoms with Crippen LogP contribution in [-0.4, -0.2) is 186 Å². The maximum atomic E-state index is 13.0. The maximum Gasteiger partial charge on any atom is 0.320 e. The van der Waals surface area contributed by atoms with E-state index in [4.69, 9.17) is 4.74 Å². The molecule has 0 aromatic carbocycles. The highest BCUT2D eigenvalue weighted by Crippen LogP contribution is 2.19. The van der Waals surface area contributed by atoms with Gasteiger partial charge in [0, 0.05) is 76.0 Å². The lowest BCUT2D eigenvalue weighted by molar-refractivity contribution is -0.146. The first-order valence-corrected chi connectivity index (χ1v) is 18.9. The number of hydrogen-bond acceptors (Lipinski definition) is 12. The lowest BCUT2D eigenvalue weighted by atomic mass is 9.93. The van der Waals surface area contributed by atoms with Crippen molar-refractivity contribution in [3.63, 3.8) is 0 Å². The largest absolute Gasteiger partial charge is 0.480 e. The molecule has 0 saturated carbocycles. The molecular weight excluding hydrogens is 722 g/mol. The SMILES string of the molecule is CCCCCC(=O)NCC(=O)NCC(C)(C)COCC(C)(C)CNC(=O)CCC(C(=O)O)N1CCN(CC(=O)O)CCN(CC(=O)O)CCN(CC(=O)O)C1. The van der Waals surface area contributed by atoms with E-state index in [1.54, 1.807) is 9.80 Å². The maximum absolute atomic E-state index is 13.0. The van der Waals surface area contributed by atoms with E-state index >= 15 is 0 Å². The van der Waals surface area contributed by atoms with Crippen LogP contribution in [-0.2, 0) is 38.3 Å². The van der Waals surface area contributed by atoms with Crippen molar-refractivity contribution in [2.24, 2.45) is 10.8 Å². The average Bonchev–Trinajstić information content (AvgIpc) is 3.10. The van der Waals surface area contributed by atoms with Crippen molar-refractivity contribution in [2.75, 3.05) is 98.4 Å². The van der Waals surface area contributed by atoms with Gasteiger partial charge in [0.2, 0.25) is 17.7 Å². The minimum absolute atomic E-state index is 0.0566. The zero-order valence-corrected chi connectivity index (χ0v) is 33.3. The third-order valence-corrected chi connectivity index (χ3v) is 8.96. The summed E-state index contributed by atoms with van der Waals surface area (Å²) in [6.45, 7) is 10.3. The summed E-state index contributed by atoms with van der Waals surface area (Å²) in [7, 11) is 0. The fourth-order valence-electron chi connectivity index (χ4n) is 5.80. The van der Waals surface area contributed by atoms with E-state index in [2.05, 4.69) is 16.0 Å². The Hall–Kier alpha value is -3.91. The number of hydrogen-bond donors (Lipinski definition) is 7. The van der Waals surface area contributed by atoms with Crippen molar-refractivity contribution in [3.8, 4) is 0 Å². The molecule has 1 atom stereocenters. The van der Waals surface area contributed by atoms with Crippen molar-refractivity contribution in [1.29, 1.82) is 0 Å². The van der Waals surface area contributed by atoms with Gasteiger partial charge in [0.15, 0.2) is 0 Å². The number of carbonyl (C=O) groups excluding carboxylic acids is 3. The third-order valence-electron chi connectivity index (χ3n) is 8.96. The van der Waals surface area contributed by atoms with Crippen molar-refractivity contribution in [2.45, 2.75) is 79.2 Å². The monoisotopic (exact) mass is 787 g/mol. The molecule has 1 aliphatic heterocycles. The van der Waals surface area contributed by atoms with Crippen LogP contribution < -0.4 is 16.0 Å². The fraction of sp³-hybridized carbons (Fsp3) is 0.806. The predicted octanol–water partition coefficient (Wildman–Crippen LogP) is -0.349. The molecule has 316 valence electrons. The van der Waals surface area contributed by atoms with Gasteiger partial charge in [0.05, 0.1) is 46.1 Å². The van der Waals surface area contributed by atoms with Crippen LogP contribution in [0.2, 0.25) is 0 Å². The van der Waals surface area contributed by atoms with Crippen molar-refractivity contribution in [3.05, 3.63) is 0 Å². The summed E-state index contributed by atoms with van der Waals surface area (Å²) in [4.78, 5) is 90.5. The minimum atomic E-state index is -1.23. The van der Waals surface area contributed by atoms with E-state index in [0.717, 1.165) is 19.3 Å². The number of unbranched alkanes of at least 4 members (excludes halogenated alkanes) is 2. The number of carboxylic acids is 4. The van der Waals surface area contributed by atoms with Gasteiger partial charge in [-0.05, 0) is 12.8 Å². The third kappa shape index (κ3) is 23.6. The molecule has 0 radical (unpaired) electrons. The van der Waals surface area contributed by atoms with Crippen LogP contribution in [0.3, 0.4) is 0 Å². The highest BCUT2D eigenvalue weighted by atomic mass is 16.5. The topological polar surface area (TPSA) is 259 Å². The Morgan fingerprint density at radius 2 is 1.07 bits per heavy atom. The second kappa shape index (κ2) is 25.3. The Morgan fingerprint density at radius 3 is 1.56 bits per heavy atom. The van der Waals surface area contributed by atoms with Crippen LogP contribution in [0, 0.1) is 10.8 Å². The number of ether oxygens (including phenoxy) is 1. The van der Waals surface area contributed by atoms with Crippen LogP contribution in [0.5, 0.6) is 0 Å². The second-order valence-electron chi connectivity index (χ2n) is 15.7. The Labute approximate surface area is 324 Å². The van der Waals surface area contributed by atoms with Gasteiger partial charge in [0.1, 0.15) is 6.04 Å². The highest BCUT2D eigenvalue weighted by molar-refractivity contribution is 5.84. The Balaban J connectivity index is 2.76. The van der Waals surface area contributed by atoms with Gasteiger partial charge in [-0.3, -0.25) is 53.2 Å². The second-order valence-corrected chi connectivity index (χ2v) is 15.7. The highest BCUT2D eigenvalue weighted by Gasteiger charge is 2.31. The summed E-state index contributed by atoms with van der Waals surface area (Å²) >= 11 is 0. The summed E-state index contributed by atoms with van der Waals surface area (Å²) in [5, 5.41) is 46.9. The van der Waals surface area contributed by atoms with E-state index in [1.807, 2.05) is 34.6 Å². The van der Waals surface area contributed by atoms with Gasteiger partial charge in [-0.2, -0.15) is 0 Å². The van der Waals surface area contributed by atoms with E-state index < -0.39 is 53.2 Å². The number of carboxylic acid groups (broad SMARTS) is 4. The van der Waals surface area contributed by atoms with Crippen LogP contribution in [0.4, 0.5) is 0 Å². The van der Waals surface area contributed by atoms with Crippen LogP contribution >= 0.6 is 0 Å². The van der Waals surface area contributed by atoms with E-state index in [9.17, 15) is 54.0 Å². The molecule has 3 amide bonds. The first-order valence-electron chi connectivity index (χ1n) is 18.9. The number of aliphatic carboxylic acids is 4. The molecule has 1 rings (SSSR count). The molecule has 19 heteroatoms. The normalized spacial score (nSPS) is 16.4. The van der Waals surface area contributed by atoms with E-state index in [-0.39, 0.29) is 103 Å². The van der Waals surface area contributed by atoms with E-state index in [1.165, 1.54) is 9.80 Å². The Bertz CT molecular complexity index is 1270. The first kappa shape index (κ1) is 49.1. The van der Waals surface area contributed by atoms with Crippen LogP contribution in [0.25, 0.3) is 0 Å². The molecule has 1 aliphatic rings. The van der Waals surface area contributed by atoms with Crippen molar-refractivity contribution >= 4 is 41.6 Å². The smallest absolute Gasteiger partial charge is 0.320 e. The summed E-state index contributed by atoms with van der Waals surface area (Å²) in [6.07, 6.45) is 2.88. The lowest BCUT2D eigenvalue weighted by Gasteiger charge is -2.34. The lowest BCUT2D eigenvalue weighted by Crippen LogP contribution is -2.51. The molecular formula is C36H65N7O12. The molecule has 1 fully saturated rings. The van der Waals surface area contributed by atoms with E-state index in [0.29, 0.717) is 19.6 Å². The van der Waals surface area contributed by atoms with Crippen molar-refractivity contribution in [1.82, 2.24) is 35.6 Å². The number of nitrogens with zero attached hydrogens (tertiary/aromatic N) is 4. The molecule has 19 nitrogen and oxygen atoms in total. The van der Waals surface area contributed by atoms with Gasteiger partial charge in [-0.25, -0.2) is 0 Å². The zero-order chi connectivity index (χ0) is 41.6. The van der Waals surface area contributed by atoms with Gasteiger partial charge in [-0.1, -0.05) is 47.5 Å². The number of nitrogens with one attached hydrogen (secondary N) is 3. The minimum Gasteiger partial charge on any atom is -0.480 e. The molecule has 0 aliphatic carbocycles. The van der Waals surface area contributed by atoms with Gasteiger partial charge in [0.25, 0.3) is 0 Å².